The minimum Gasteiger partial charge on any atom is -0.325 e. The summed E-state index contributed by atoms with van der Waals surface area (Å²) in [5, 5.41) is 3.65. The summed E-state index contributed by atoms with van der Waals surface area (Å²) in [6.07, 6.45) is 0.639. The SMILES string of the molecule is CC(C)C[C@H](N)C(=O)Nc1cc(Cl)cc(Cl)c1. The maximum Gasteiger partial charge on any atom is 0.241 e. The Morgan fingerprint density at radius 3 is 2.29 bits per heavy atom. The van der Waals surface area contributed by atoms with Crippen LogP contribution >= 0.6 is 23.2 Å². The molecule has 3 N–H and O–H groups in total. The lowest BCUT2D eigenvalue weighted by molar-refractivity contribution is -0.117. The highest BCUT2D eigenvalue weighted by molar-refractivity contribution is 6.35. The van der Waals surface area contributed by atoms with Crippen LogP contribution in [0.2, 0.25) is 10.0 Å². The third kappa shape index (κ3) is 4.94. The number of carbonyl (C=O) groups excluding carboxylic acids is 1. The molecule has 0 spiro atoms. The van der Waals surface area contributed by atoms with E-state index in [1.807, 2.05) is 13.8 Å². The van der Waals surface area contributed by atoms with Gasteiger partial charge < -0.3 is 11.1 Å². The molecule has 0 heterocycles. The summed E-state index contributed by atoms with van der Waals surface area (Å²) in [6.45, 7) is 4.03. The molecule has 1 atom stereocenters. The van der Waals surface area contributed by atoms with Crippen LogP contribution in [0.25, 0.3) is 0 Å². The fourth-order valence-corrected chi connectivity index (χ4v) is 2.00. The van der Waals surface area contributed by atoms with Gasteiger partial charge in [-0.15, -0.1) is 0 Å². The van der Waals surface area contributed by atoms with E-state index >= 15 is 0 Å². The lowest BCUT2D eigenvalue weighted by atomic mass is 10.0. The Kier molecular flexibility index (Phi) is 5.25. The molecule has 0 radical (unpaired) electrons. The zero-order chi connectivity index (χ0) is 13.0. The first kappa shape index (κ1) is 14.3. The predicted octanol–water partition coefficient (Wildman–Crippen LogP) is 3.31. The molecule has 0 saturated carbocycles. The molecule has 0 fully saturated rings. The van der Waals surface area contributed by atoms with Crippen LogP contribution in [0.1, 0.15) is 20.3 Å². The van der Waals surface area contributed by atoms with Crippen molar-refractivity contribution >= 4 is 34.8 Å². The number of nitrogens with two attached hydrogens (primary N) is 1. The van der Waals surface area contributed by atoms with Gasteiger partial charge in [-0.25, -0.2) is 0 Å². The van der Waals surface area contributed by atoms with Gasteiger partial charge in [0.15, 0.2) is 0 Å². The first-order valence-corrected chi connectivity index (χ1v) is 6.16. The zero-order valence-electron chi connectivity index (χ0n) is 9.84. The first-order chi connectivity index (χ1) is 7.88. The van der Waals surface area contributed by atoms with Gasteiger partial charge in [0.25, 0.3) is 0 Å². The van der Waals surface area contributed by atoms with Gasteiger partial charge in [-0.1, -0.05) is 37.0 Å². The summed E-state index contributed by atoms with van der Waals surface area (Å²) < 4.78 is 0. The minimum absolute atomic E-state index is 0.225. The Bertz CT molecular complexity index is 387. The summed E-state index contributed by atoms with van der Waals surface area (Å²) in [4.78, 5) is 11.7. The van der Waals surface area contributed by atoms with Crippen LogP contribution < -0.4 is 11.1 Å². The van der Waals surface area contributed by atoms with Crippen LogP contribution in [-0.2, 0) is 4.79 Å². The number of halogens is 2. The maximum absolute atomic E-state index is 11.7. The van der Waals surface area contributed by atoms with Crippen molar-refractivity contribution in [3.8, 4) is 0 Å². The summed E-state index contributed by atoms with van der Waals surface area (Å²) >= 11 is 11.7. The van der Waals surface area contributed by atoms with Crippen molar-refractivity contribution in [3.05, 3.63) is 28.2 Å². The van der Waals surface area contributed by atoms with Gasteiger partial charge in [0, 0.05) is 15.7 Å². The van der Waals surface area contributed by atoms with Crippen molar-refractivity contribution in [2.24, 2.45) is 11.7 Å². The van der Waals surface area contributed by atoms with E-state index in [4.69, 9.17) is 28.9 Å². The van der Waals surface area contributed by atoms with E-state index in [1.165, 1.54) is 0 Å². The predicted molar refractivity (Wildman–Crippen MR) is 72.5 cm³/mol. The molecule has 1 rings (SSSR count). The van der Waals surface area contributed by atoms with E-state index in [0.717, 1.165) is 0 Å². The number of benzene rings is 1. The largest absolute Gasteiger partial charge is 0.325 e. The van der Waals surface area contributed by atoms with Crippen molar-refractivity contribution in [2.75, 3.05) is 5.32 Å². The van der Waals surface area contributed by atoms with Crippen molar-refractivity contribution in [1.29, 1.82) is 0 Å². The third-order valence-electron chi connectivity index (χ3n) is 2.19. The number of hydrogen-bond acceptors (Lipinski definition) is 2. The number of amides is 1. The Balaban J connectivity index is 2.67. The molecule has 0 aromatic heterocycles. The molecule has 1 aromatic rings. The van der Waals surface area contributed by atoms with E-state index in [2.05, 4.69) is 5.32 Å². The van der Waals surface area contributed by atoms with Gasteiger partial charge >= 0.3 is 0 Å². The number of hydrogen-bond donors (Lipinski definition) is 2. The topological polar surface area (TPSA) is 55.1 Å². The molecule has 17 heavy (non-hydrogen) atoms. The molecule has 3 nitrogen and oxygen atoms in total. The van der Waals surface area contributed by atoms with Gasteiger partial charge in [-0.2, -0.15) is 0 Å². The normalized spacial score (nSPS) is 12.6. The van der Waals surface area contributed by atoms with Crippen molar-refractivity contribution in [1.82, 2.24) is 0 Å². The number of rotatable bonds is 4. The molecular formula is C12H16Cl2N2O. The Morgan fingerprint density at radius 2 is 1.82 bits per heavy atom. The van der Waals surface area contributed by atoms with Gasteiger partial charge in [-0.3, -0.25) is 4.79 Å². The van der Waals surface area contributed by atoms with Crippen molar-refractivity contribution in [2.45, 2.75) is 26.3 Å². The summed E-state index contributed by atoms with van der Waals surface area (Å²) in [7, 11) is 0. The second kappa shape index (κ2) is 6.24. The summed E-state index contributed by atoms with van der Waals surface area (Å²) in [5.41, 5.74) is 6.33. The molecule has 0 aliphatic carbocycles. The second-order valence-corrected chi connectivity index (χ2v) is 5.26. The molecule has 0 unspecified atom stereocenters. The Labute approximate surface area is 111 Å². The fraction of sp³-hybridized carbons (Fsp3) is 0.417. The van der Waals surface area contributed by atoms with E-state index in [-0.39, 0.29) is 5.91 Å². The molecule has 94 valence electrons. The fourth-order valence-electron chi connectivity index (χ4n) is 1.48. The van der Waals surface area contributed by atoms with Crippen molar-refractivity contribution in [3.63, 3.8) is 0 Å². The average Bonchev–Trinajstić information content (AvgIpc) is 2.14. The molecule has 0 aliphatic heterocycles. The highest BCUT2D eigenvalue weighted by atomic mass is 35.5. The summed E-state index contributed by atoms with van der Waals surface area (Å²) in [6, 6.07) is 4.35. The van der Waals surface area contributed by atoms with Crippen molar-refractivity contribution < 1.29 is 4.79 Å². The van der Waals surface area contributed by atoms with E-state index in [0.29, 0.717) is 28.1 Å². The Morgan fingerprint density at radius 1 is 1.29 bits per heavy atom. The van der Waals surface area contributed by atoms with Crippen LogP contribution in [0, 0.1) is 5.92 Å². The maximum atomic E-state index is 11.7. The average molecular weight is 275 g/mol. The molecule has 0 aliphatic rings. The molecule has 1 amide bonds. The third-order valence-corrected chi connectivity index (χ3v) is 2.63. The quantitative estimate of drug-likeness (QED) is 0.885. The monoisotopic (exact) mass is 274 g/mol. The molecule has 0 saturated heterocycles. The highest BCUT2D eigenvalue weighted by Crippen LogP contribution is 2.22. The zero-order valence-corrected chi connectivity index (χ0v) is 11.3. The first-order valence-electron chi connectivity index (χ1n) is 5.41. The Hall–Kier alpha value is -0.770. The van der Waals surface area contributed by atoms with E-state index in [9.17, 15) is 4.79 Å². The van der Waals surface area contributed by atoms with E-state index < -0.39 is 6.04 Å². The van der Waals surface area contributed by atoms with Crippen LogP contribution in [0.3, 0.4) is 0 Å². The van der Waals surface area contributed by atoms with Crippen LogP contribution in [-0.4, -0.2) is 11.9 Å². The van der Waals surface area contributed by atoms with Gasteiger partial charge in [0.05, 0.1) is 6.04 Å². The molecule has 1 aromatic carbocycles. The number of nitrogens with one attached hydrogen (secondary N) is 1. The second-order valence-electron chi connectivity index (χ2n) is 4.38. The molecular weight excluding hydrogens is 259 g/mol. The lowest BCUT2D eigenvalue weighted by Gasteiger charge is -2.14. The van der Waals surface area contributed by atoms with Crippen LogP contribution in [0.15, 0.2) is 18.2 Å². The molecule has 5 heteroatoms. The number of carbonyl (C=O) groups is 1. The lowest BCUT2D eigenvalue weighted by Crippen LogP contribution is -2.36. The minimum atomic E-state index is -0.521. The summed E-state index contributed by atoms with van der Waals surface area (Å²) in [5.74, 6) is 0.149. The highest BCUT2D eigenvalue weighted by Gasteiger charge is 2.15. The molecule has 0 bridgehead atoms. The van der Waals surface area contributed by atoms with Gasteiger partial charge in [-0.05, 0) is 30.5 Å². The standard InChI is InChI=1S/C12H16Cl2N2O/c1-7(2)3-11(15)12(17)16-10-5-8(13)4-9(14)6-10/h4-7,11H,3,15H2,1-2H3,(H,16,17)/t11-/m0/s1. The van der Waals surface area contributed by atoms with Gasteiger partial charge in [0.1, 0.15) is 0 Å². The number of anilines is 1. The van der Waals surface area contributed by atoms with E-state index in [1.54, 1.807) is 18.2 Å². The smallest absolute Gasteiger partial charge is 0.241 e. The van der Waals surface area contributed by atoms with Gasteiger partial charge in [0.2, 0.25) is 5.91 Å². The van der Waals surface area contributed by atoms with Crippen LogP contribution in [0.4, 0.5) is 5.69 Å². The van der Waals surface area contributed by atoms with Crippen LogP contribution in [0.5, 0.6) is 0 Å².